The molecule has 1 aliphatic rings. The minimum absolute atomic E-state index is 0.527. The molecule has 1 unspecified atom stereocenters. The van der Waals surface area contributed by atoms with E-state index in [1.54, 1.807) is 6.20 Å². The smallest absolute Gasteiger partial charge is 0.191 e. The number of hydrogen-bond acceptors (Lipinski definition) is 3. The summed E-state index contributed by atoms with van der Waals surface area (Å²) in [6.45, 7) is 7.72. The highest BCUT2D eigenvalue weighted by atomic mass is 15.2. The van der Waals surface area contributed by atoms with Crippen LogP contribution < -0.4 is 10.6 Å². The SMILES string of the molecule is CCNC(=NCC1CCCN1Cc1ccccc1)NCCn1ccnc1. The van der Waals surface area contributed by atoms with Crippen LogP contribution in [0.3, 0.4) is 0 Å². The molecule has 1 aromatic heterocycles. The lowest BCUT2D eigenvalue weighted by Gasteiger charge is -2.23. The fraction of sp³-hybridized carbons (Fsp3) is 0.500. The largest absolute Gasteiger partial charge is 0.357 e. The summed E-state index contributed by atoms with van der Waals surface area (Å²) in [6.07, 6.45) is 8.11. The molecule has 1 fully saturated rings. The Balaban J connectivity index is 1.50. The van der Waals surface area contributed by atoms with Crippen molar-refractivity contribution >= 4 is 5.96 Å². The minimum atomic E-state index is 0.527. The summed E-state index contributed by atoms with van der Waals surface area (Å²) in [4.78, 5) is 11.5. The van der Waals surface area contributed by atoms with E-state index in [0.29, 0.717) is 6.04 Å². The number of nitrogens with zero attached hydrogens (tertiary/aromatic N) is 4. The van der Waals surface area contributed by atoms with Crippen LogP contribution in [0.1, 0.15) is 25.3 Å². The Hall–Kier alpha value is -2.34. The molecule has 1 aliphatic heterocycles. The standard InChI is InChI=1S/C20H30N6/c1-2-22-20(23-11-14-25-13-10-21-17-25)24-15-19-9-6-12-26(19)16-18-7-4-3-5-8-18/h3-5,7-8,10,13,17,19H,2,6,9,11-12,14-16H2,1H3,(H2,22,23,24). The lowest BCUT2D eigenvalue weighted by atomic mass is 10.2. The van der Waals surface area contributed by atoms with Gasteiger partial charge < -0.3 is 15.2 Å². The van der Waals surface area contributed by atoms with Gasteiger partial charge in [-0.2, -0.15) is 0 Å². The van der Waals surface area contributed by atoms with Gasteiger partial charge in [0.2, 0.25) is 0 Å². The number of rotatable bonds is 8. The number of imidazole rings is 1. The summed E-state index contributed by atoms with van der Waals surface area (Å²) >= 11 is 0. The number of nitrogens with one attached hydrogen (secondary N) is 2. The molecule has 2 N–H and O–H groups in total. The van der Waals surface area contributed by atoms with Gasteiger partial charge in [-0.3, -0.25) is 9.89 Å². The highest BCUT2D eigenvalue weighted by Crippen LogP contribution is 2.20. The normalized spacial score (nSPS) is 18.2. The van der Waals surface area contributed by atoms with Crippen LogP contribution in [0.2, 0.25) is 0 Å². The highest BCUT2D eigenvalue weighted by Gasteiger charge is 2.24. The first-order valence-corrected chi connectivity index (χ1v) is 9.61. The molecule has 140 valence electrons. The van der Waals surface area contributed by atoms with Crippen molar-refractivity contribution < 1.29 is 0 Å². The number of likely N-dealkylation sites (tertiary alicyclic amines) is 1. The Morgan fingerprint density at radius 2 is 2.15 bits per heavy atom. The van der Waals surface area contributed by atoms with Crippen LogP contribution in [0.5, 0.6) is 0 Å². The van der Waals surface area contributed by atoms with Crippen molar-refractivity contribution in [3.8, 4) is 0 Å². The van der Waals surface area contributed by atoms with E-state index >= 15 is 0 Å². The third-order valence-electron chi connectivity index (χ3n) is 4.75. The molecular formula is C20H30N6. The van der Waals surface area contributed by atoms with E-state index in [1.807, 2.05) is 12.5 Å². The second kappa shape index (κ2) is 9.97. The molecule has 6 nitrogen and oxygen atoms in total. The topological polar surface area (TPSA) is 57.5 Å². The van der Waals surface area contributed by atoms with Gasteiger partial charge in [-0.15, -0.1) is 0 Å². The fourth-order valence-electron chi connectivity index (χ4n) is 3.39. The predicted molar refractivity (Wildman–Crippen MR) is 106 cm³/mol. The van der Waals surface area contributed by atoms with Crippen molar-refractivity contribution in [2.45, 2.75) is 38.9 Å². The van der Waals surface area contributed by atoms with Crippen molar-refractivity contribution in [3.63, 3.8) is 0 Å². The number of benzene rings is 1. The van der Waals surface area contributed by atoms with Gasteiger partial charge in [0.05, 0.1) is 12.9 Å². The van der Waals surface area contributed by atoms with E-state index in [2.05, 4.69) is 62.3 Å². The molecular weight excluding hydrogens is 324 g/mol. The Kier molecular flexibility index (Phi) is 7.07. The zero-order valence-electron chi connectivity index (χ0n) is 15.6. The summed E-state index contributed by atoms with van der Waals surface area (Å²) in [5, 5.41) is 6.77. The Labute approximate surface area is 156 Å². The predicted octanol–water partition coefficient (Wildman–Crippen LogP) is 2.10. The Morgan fingerprint density at radius 3 is 2.92 bits per heavy atom. The van der Waals surface area contributed by atoms with E-state index in [1.165, 1.54) is 24.9 Å². The van der Waals surface area contributed by atoms with Crippen LogP contribution in [0.25, 0.3) is 0 Å². The molecule has 1 aromatic carbocycles. The molecule has 1 saturated heterocycles. The highest BCUT2D eigenvalue weighted by molar-refractivity contribution is 5.79. The summed E-state index contributed by atoms with van der Waals surface area (Å²) in [5.41, 5.74) is 1.38. The first-order chi connectivity index (χ1) is 12.8. The summed E-state index contributed by atoms with van der Waals surface area (Å²) in [5.74, 6) is 0.902. The van der Waals surface area contributed by atoms with Crippen molar-refractivity contribution in [2.75, 3.05) is 26.2 Å². The molecule has 26 heavy (non-hydrogen) atoms. The van der Waals surface area contributed by atoms with Crippen molar-refractivity contribution in [1.82, 2.24) is 25.1 Å². The lowest BCUT2D eigenvalue weighted by Crippen LogP contribution is -2.40. The second-order valence-corrected chi connectivity index (χ2v) is 6.70. The Morgan fingerprint density at radius 1 is 1.27 bits per heavy atom. The molecule has 2 aromatic rings. The average molecular weight is 355 g/mol. The maximum atomic E-state index is 4.83. The molecule has 0 aliphatic carbocycles. The van der Waals surface area contributed by atoms with Gasteiger partial charge in [-0.05, 0) is 31.9 Å². The second-order valence-electron chi connectivity index (χ2n) is 6.70. The third kappa shape index (κ3) is 5.59. The van der Waals surface area contributed by atoms with Crippen LogP contribution in [0, 0.1) is 0 Å². The van der Waals surface area contributed by atoms with E-state index in [0.717, 1.165) is 38.7 Å². The molecule has 0 radical (unpaired) electrons. The molecule has 0 saturated carbocycles. The van der Waals surface area contributed by atoms with Crippen LogP contribution in [-0.4, -0.2) is 52.6 Å². The van der Waals surface area contributed by atoms with Gasteiger partial charge in [0, 0.05) is 44.6 Å². The van der Waals surface area contributed by atoms with Crippen LogP contribution in [-0.2, 0) is 13.1 Å². The number of aromatic nitrogens is 2. The van der Waals surface area contributed by atoms with Gasteiger partial charge in [0.1, 0.15) is 0 Å². The third-order valence-corrected chi connectivity index (χ3v) is 4.75. The fourth-order valence-corrected chi connectivity index (χ4v) is 3.39. The molecule has 2 heterocycles. The molecule has 0 bridgehead atoms. The van der Waals surface area contributed by atoms with Gasteiger partial charge in [-0.1, -0.05) is 30.3 Å². The quantitative estimate of drug-likeness (QED) is 0.563. The van der Waals surface area contributed by atoms with E-state index in [-0.39, 0.29) is 0 Å². The van der Waals surface area contributed by atoms with Gasteiger partial charge in [0.25, 0.3) is 0 Å². The summed E-state index contributed by atoms with van der Waals surface area (Å²) in [7, 11) is 0. The minimum Gasteiger partial charge on any atom is -0.357 e. The molecule has 3 rings (SSSR count). The van der Waals surface area contributed by atoms with Crippen LogP contribution in [0.15, 0.2) is 54.0 Å². The summed E-state index contributed by atoms with van der Waals surface area (Å²) < 4.78 is 2.06. The van der Waals surface area contributed by atoms with E-state index < -0.39 is 0 Å². The van der Waals surface area contributed by atoms with Crippen molar-refractivity contribution in [3.05, 3.63) is 54.6 Å². The lowest BCUT2D eigenvalue weighted by molar-refractivity contribution is 0.250. The monoisotopic (exact) mass is 354 g/mol. The average Bonchev–Trinajstić information content (AvgIpc) is 3.33. The van der Waals surface area contributed by atoms with Crippen LogP contribution in [0.4, 0.5) is 0 Å². The van der Waals surface area contributed by atoms with Crippen molar-refractivity contribution in [2.24, 2.45) is 4.99 Å². The van der Waals surface area contributed by atoms with E-state index in [4.69, 9.17) is 4.99 Å². The van der Waals surface area contributed by atoms with Gasteiger partial charge >= 0.3 is 0 Å². The molecule has 0 spiro atoms. The maximum absolute atomic E-state index is 4.83. The molecule has 0 amide bonds. The number of aliphatic imine (C=N–C) groups is 1. The summed E-state index contributed by atoms with van der Waals surface area (Å²) in [6, 6.07) is 11.3. The van der Waals surface area contributed by atoms with E-state index in [9.17, 15) is 0 Å². The first-order valence-electron chi connectivity index (χ1n) is 9.61. The van der Waals surface area contributed by atoms with Gasteiger partial charge in [-0.25, -0.2) is 4.98 Å². The molecule has 1 atom stereocenters. The van der Waals surface area contributed by atoms with Gasteiger partial charge in [0.15, 0.2) is 5.96 Å². The van der Waals surface area contributed by atoms with Crippen molar-refractivity contribution in [1.29, 1.82) is 0 Å². The zero-order valence-corrected chi connectivity index (χ0v) is 15.6. The zero-order chi connectivity index (χ0) is 18.0. The maximum Gasteiger partial charge on any atom is 0.191 e. The first kappa shape index (κ1) is 18.5. The number of hydrogen-bond donors (Lipinski definition) is 2. The Bertz CT molecular complexity index is 652. The van der Waals surface area contributed by atoms with Crippen LogP contribution >= 0.6 is 0 Å². The number of guanidine groups is 1. The molecule has 6 heteroatoms.